The lowest BCUT2D eigenvalue weighted by molar-refractivity contribution is -0.163. The molecule has 2 aliphatic rings. The van der Waals surface area contributed by atoms with Gasteiger partial charge in [-0.25, -0.2) is 4.39 Å². The Morgan fingerprint density at radius 2 is 1.74 bits per heavy atom. The number of amides is 3. The summed E-state index contributed by atoms with van der Waals surface area (Å²) in [6.07, 6.45) is -0.645. The molecule has 2 fully saturated rings. The van der Waals surface area contributed by atoms with Crippen LogP contribution in [0.3, 0.4) is 0 Å². The van der Waals surface area contributed by atoms with Crippen LogP contribution in [0.15, 0.2) is 48.5 Å². The van der Waals surface area contributed by atoms with Gasteiger partial charge in [-0.05, 0) is 55.5 Å². The second kappa shape index (κ2) is 8.60. The van der Waals surface area contributed by atoms with E-state index in [1.54, 1.807) is 36.4 Å². The number of halogens is 1. The summed E-state index contributed by atoms with van der Waals surface area (Å²) in [5, 5.41) is 3.70. The molecule has 2 aliphatic heterocycles. The Labute approximate surface area is 178 Å². The number of benzene rings is 2. The maximum absolute atomic E-state index is 13.3. The molecule has 4 rings (SSSR count). The van der Waals surface area contributed by atoms with Gasteiger partial charge in [0.15, 0.2) is 6.29 Å². The summed E-state index contributed by atoms with van der Waals surface area (Å²) in [7, 11) is 0. The first-order valence-electron chi connectivity index (χ1n) is 9.90. The van der Waals surface area contributed by atoms with E-state index in [0.717, 1.165) is 5.01 Å². The van der Waals surface area contributed by atoms with Gasteiger partial charge in [0.05, 0.1) is 6.61 Å². The van der Waals surface area contributed by atoms with Crippen molar-refractivity contribution in [3.63, 3.8) is 0 Å². The molecular formula is C21H22FN5O4. The van der Waals surface area contributed by atoms with Crippen molar-refractivity contribution in [2.24, 2.45) is 0 Å². The van der Waals surface area contributed by atoms with Gasteiger partial charge in [0.25, 0.3) is 0 Å². The molecule has 0 aliphatic carbocycles. The van der Waals surface area contributed by atoms with Gasteiger partial charge in [-0.15, -0.1) is 0 Å². The summed E-state index contributed by atoms with van der Waals surface area (Å²) < 4.78 is 18.6. The first kappa shape index (κ1) is 20.6. The SMILES string of the molecule is CCOc1ccc(NC(=O)CN2NC3N(CCN3c3ccc(F)cc3)C(=O)C2=O)cc1. The van der Waals surface area contributed by atoms with Crippen LogP contribution >= 0.6 is 0 Å². The Bertz CT molecular complexity index is 982. The zero-order valence-corrected chi connectivity index (χ0v) is 16.9. The Hall–Kier alpha value is -3.66. The van der Waals surface area contributed by atoms with Crippen molar-refractivity contribution in [1.82, 2.24) is 15.3 Å². The second-order valence-corrected chi connectivity index (χ2v) is 7.07. The molecule has 2 saturated heterocycles. The third-order valence-electron chi connectivity index (χ3n) is 5.04. The van der Waals surface area contributed by atoms with Crippen LogP contribution in [0.5, 0.6) is 5.75 Å². The minimum Gasteiger partial charge on any atom is -0.494 e. The average molecular weight is 427 g/mol. The Morgan fingerprint density at radius 3 is 2.42 bits per heavy atom. The maximum Gasteiger partial charge on any atom is 0.326 e. The molecule has 1 atom stereocenters. The molecule has 31 heavy (non-hydrogen) atoms. The van der Waals surface area contributed by atoms with Gasteiger partial charge in [0, 0.05) is 24.5 Å². The minimum atomic E-state index is -0.806. The van der Waals surface area contributed by atoms with Crippen LogP contribution in [0.2, 0.25) is 0 Å². The van der Waals surface area contributed by atoms with E-state index in [2.05, 4.69) is 10.7 Å². The largest absolute Gasteiger partial charge is 0.494 e. The van der Waals surface area contributed by atoms with Crippen LogP contribution in [0.1, 0.15) is 6.92 Å². The molecular weight excluding hydrogens is 405 g/mol. The van der Waals surface area contributed by atoms with E-state index in [0.29, 0.717) is 36.8 Å². The van der Waals surface area contributed by atoms with E-state index in [1.807, 2.05) is 11.8 Å². The Balaban J connectivity index is 1.43. The fourth-order valence-electron chi connectivity index (χ4n) is 3.58. The van der Waals surface area contributed by atoms with E-state index in [9.17, 15) is 18.8 Å². The second-order valence-electron chi connectivity index (χ2n) is 7.07. The molecule has 9 nitrogen and oxygen atoms in total. The number of ether oxygens (including phenoxy) is 1. The number of anilines is 2. The summed E-state index contributed by atoms with van der Waals surface area (Å²) in [5.41, 5.74) is 4.18. The number of carbonyl (C=O) groups excluding carboxylic acids is 3. The first-order valence-corrected chi connectivity index (χ1v) is 9.90. The van der Waals surface area contributed by atoms with Crippen LogP contribution in [0, 0.1) is 5.82 Å². The van der Waals surface area contributed by atoms with E-state index in [1.165, 1.54) is 17.0 Å². The van der Waals surface area contributed by atoms with Crippen LogP contribution in [-0.4, -0.2) is 60.2 Å². The van der Waals surface area contributed by atoms with Gasteiger partial charge >= 0.3 is 11.8 Å². The number of nitrogens with one attached hydrogen (secondary N) is 2. The number of carbonyl (C=O) groups is 3. The van der Waals surface area contributed by atoms with E-state index < -0.39 is 24.0 Å². The van der Waals surface area contributed by atoms with E-state index >= 15 is 0 Å². The molecule has 2 N–H and O–H groups in total. The third-order valence-corrected chi connectivity index (χ3v) is 5.04. The molecule has 0 radical (unpaired) electrons. The molecule has 2 aromatic rings. The molecule has 3 amide bonds. The van der Waals surface area contributed by atoms with Crippen LogP contribution in [0.4, 0.5) is 15.8 Å². The fraction of sp³-hybridized carbons (Fsp3) is 0.286. The number of nitrogens with zero attached hydrogens (tertiary/aromatic N) is 3. The zero-order chi connectivity index (χ0) is 22.0. The van der Waals surface area contributed by atoms with Crippen LogP contribution in [0.25, 0.3) is 0 Å². The zero-order valence-electron chi connectivity index (χ0n) is 16.9. The lowest BCUT2D eigenvalue weighted by atomic mass is 10.3. The quantitative estimate of drug-likeness (QED) is 0.672. The normalized spacial score (nSPS) is 18.3. The van der Waals surface area contributed by atoms with Gasteiger partial charge < -0.3 is 15.0 Å². The predicted molar refractivity (Wildman–Crippen MR) is 110 cm³/mol. The number of hydrazine groups is 1. The van der Waals surface area contributed by atoms with Gasteiger partial charge in [-0.3, -0.25) is 24.3 Å². The van der Waals surface area contributed by atoms with Gasteiger partial charge in [0.1, 0.15) is 18.1 Å². The van der Waals surface area contributed by atoms with Crippen molar-refractivity contribution in [3.05, 3.63) is 54.3 Å². The molecule has 0 aromatic heterocycles. The predicted octanol–water partition coefficient (Wildman–Crippen LogP) is 1.14. The number of hydrogen-bond donors (Lipinski definition) is 2. The highest BCUT2D eigenvalue weighted by molar-refractivity contribution is 6.35. The fourth-order valence-corrected chi connectivity index (χ4v) is 3.58. The number of fused-ring (bicyclic) bond motifs is 1. The molecule has 162 valence electrons. The summed E-state index contributed by atoms with van der Waals surface area (Å²) in [5.74, 6) is -1.64. The molecule has 2 heterocycles. The Morgan fingerprint density at radius 1 is 1.06 bits per heavy atom. The highest BCUT2D eigenvalue weighted by Crippen LogP contribution is 2.25. The standard InChI is InChI=1S/C21H22FN5O4/c1-2-31-17-9-5-15(6-10-17)23-18(28)13-27-20(30)19(29)26-12-11-25(21(26)24-27)16-7-3-14(22)4-8-16/h3-10,21,24H,2,11-13H2,1H3,(H,23,28). The van der Waals surface area contributed by atoms with Gasteiger partial charge in [0.2, 0.25) is 5.91 Å². The molecule has 0 spiro atoms. The van der Waals surface area contributed by atoms with Crippen LogP contribution in [-0.2, 0) is 14.4 Å². The molecule has 0 bridgehead atoms. The van der Waals surface area contributed by atoms with Crippen molar-refractivity contribution in [3.8, 4) is 5.75 Å². The Kier molecular flexibility index (Phi) is 5.72. The lowest BCUT2D eigenvalue weighted by Gasteiger charge is -2.40. The molecule has 0 saturated carbocycles. The monoisotopic (exact) mass is 427 g/mol. The molecule has 10 heteroatoms. The van der Waals surface area contributed by atoms with Crippen LogP contribution < -0.4 is 20.4 Å². The van der Waals surface area contributed by atoms with Gasteiger partial charge in [-0.2, -0.15) is 5.43 Å². The van der Waals surface area contributed by atoms with Crippen molar-refractivity contribution >= 4 is 29.1 Å². The highest BCUT2D eigenvalue weighted by Gasteiger charge is 2.45. The third kappa shape index (κ3) is 4.29. The summed E-state index contributed by atoms with van der Waals surface area (Å²) in [6.45, 7) is 2.87. The minimum absolute atomic E-state index is 0.339. The summed E-state index contributed by atoms with van der Waals surface area (Å²) >= 11 is 0. The van der Waals surface area contributed by atoms with Gasteiger partial charge in [-0.1, -0.05) is 0 Å². The molecule has 2 aromatic carbocycles. The van der Waals surface area contributed by atoms with Crippen molar-refractivity contribution in [2.45, 2.75) is 13.2 Å². The van der Waals surface area contributed by atoms with Crippen molar-refractivity contribution in [2.75, 3.05) is 36.5 Å². The topological polar surface area (TPSA) is 94.2 Å². The van der Waals surface area contributed by atoms with E-state index in [-0.39, 0.29) is 12.4 Å². The number of rotatable bonds is 6. The highest BCUT2D eigenvalue weighted by atomic mass is 19.1. The smallest absolute Gasteiger partial charge is 0.326 e. The lowest BCUT2D eigenvalue weighted by Crippen LogP contribution is -2.68. The summed E-state index contributed by atoms with van der Waals surface area (Å²) in [4.78, 5) is 40.7. The number of hydrogen-bond acceptors (Lipinski definition) is 6. The van der Waals surface area contributed by atoms with Crippen molar-refractivity contribution < 1.29 is 23.5 Å². The average Bonchev–Trinajstić information content (AvgIpc) is 3.18. The van der Waals surface area contributed by atoms with Crippen molar-refractivity contribution in [1.29, 1.82) is 0 Å². The molecule has 1 unspecified atom stereocenters. The summed E-state index contributed by atoms with van der Waals surface area (Å²) in [6, 6.07) is 12.7. The van der Waals surface area contributed by atoms with E-state index in [4.69, 9.17) is 4.74 Å². The maximum atomic E-state index is 13.3. The first-order chi connectivity index (χ1) is 15.0.